The Morgan fingerprint density at radius 1 is 1.38 bits per heavy atom. The van der Waals surface area contributed by atoms with Gasteiger partial charge in [-0.3, -0.25) is 0 Å². The van der Waals surface area contributed by atoms with E-state index in [-0.39, 0.29) is 5.82 Å². The molecule has 2 aromatic rings. The molecular weight excluding hydrogens is 245 g/mol. The van der Waals surface area contributed by atoms with E-state index in [4.69, 9.17) is 11.6 Å². The first-order chi connectivity index (χ1) is 7.58. The summed E-state index contributed by atoms with van der Waals surface area (Å²) < 4.78 is 13.6. The minimum absolute atomic E-state index is 0.322. The lowest BCUT2D eigenvalue weighted by molar-refractivity contribution is 0.631. The van der Waals surface area contributed by atoms with Gasteiger partial charge in [-0.2, -0.15) is 0 Å². The molecule has 4 heteroatoms. The SMILES string of the molecule is CC(C)c1csc(-c2ccc(Cl)cc2F)n1. The van der Waals surface area contributed by atoms with Gasteiger partial charge in [0.25, 0.3) is 0 Å². The van der Waals surface area contributed by atoms with Gasteiger partial charge in [0.1, 0.15) is 10.8 Å². The molecule has 1 aromatic heterocycles. The van der Waals surface area contributed by atoms with Crippen LogP contribution in [0.5, 0.6) is 0 Å². The van der Waals surface area contributed by atoms with Crippen LogP contribution in [0.4, 0.5) is 4.39 Å². The Hall–Kier alpha value is -0.930. The van der Waals surface area contributed by atoms with Crippen LogP contribution in [0.1, 0.15) is 25.5 Å². The molecule has 0 unspecified atom stereocenters. The molecule has 0 spiro atoms. The van der Waals surface area contributed by atoms with E-state index in [0.29, 0.717) is 21.5 Å². The standard InChI is InChI=1S/C12H11ClFNS/c1-7(2)11-6-16-12(15-11)9-4-3-8(13)5-10(9)14/h3-7H,1-2H3. The predicted molar refractivity (Wildman–Crippen MR) is 66.6 cm³/mol. The van der Waals surface area contributed by atoms with E-state index in [9.17, 15) is 4.39 Å². The van der Waals surface area contributed by atoms with E-state index in [0.717, 1.165) is 5.69 Å². The molecule has 0 saturated carbocycles. The van der Waals surface area contributed by atoms with Gasteiger partial charge in [0.15, 0.2) is 0 Å². The van der Waals surface area contributed by atoms with Crippen molar-refractivity contribution < 1.29 is 4.39 Å². The zero-order chi connectivity index (χ0) is 11.7. The fourth-order valence-electron chi connectivity index (χ4n) is 1.34. The summed E-state index contributed by atoms with van der Waals surface area (Å²) in [5.74, 6) is 0.0394. The summed E-state index contributed by atoms with van der Waals surface area (Å²) in [7, 11) is 0. The highest BCUT2D eigenvalue weighted by molar-refractivity contribution is 7.13. The Labute approximate surface area is 103 Å². The van der Waals surface area contributed by atoms with E-state index in [1.54, 1.807) is 12.1 Å². The van der Waals surface area contributed by atoms with Crippen molar-refractivity contribution in [1.29, 1.82) is 0 Å². The maximum absolute atomic E-state index is 13.6. The predicted octanol–water partition coefficient (Wildman–Crippen LogP) is 4.73. The summed E-state index contributed by atoms with van der Waals surface area (Å²) in [5, 5.41) is 3.08. The van der Waals surface area contributed by atoms with Crippen molar-refractivity contribution >= 4 is 22.9 Å². The van der Waals surface area contributed by atoms with E-state index in [2.05, 4.69) is 18.8 Å². The van der Waals surface area contributed by atoms with Crippen molar-refractivity contribution in [2.24, 2.45) is 0 Å². The van der Waals surface area contributed by atoms with Gasteiger partial charge in [-0.1, -0.05) is 25.4 Å². The second kappa shape index (κ2) is 4.52. The van der Waals surface area contributed by atoms with Crippen LogP contribution < -0.4 is 0 Å². The first-order valence-electron chi connectivity index (χ1n) is 4.99. The van der Waals surface area contributed by atoms with Gasteiger partial charge in [0, 0.05) is 16.0 Å². The van der Waals surface area contributed by atoms with Crippen LogP contribution in [0.15, 0.2) is 23.6 Å². The van der Waals surface area contributed by atoms with Gasteiger partial charge in [0.05, 0.1) is 5.69 Å². The number of hydrogen-bond donors (Lipinski definition) is 0. The molecular formula is C12H11ClFNS. The molecule has 84 valence electrons. The molecule has 0 N–H and O–H groups in total. The zero-order valence-electron chi connectivity index (χ0n) is 9.00. The topological polar surface area (TPSA) is 12.9 Å². The average Bonchev–Trinajstić information content (AvgIpc) is 2.66. The van der Waals surface area contributed by atoms with Gasteiger partial charge in [-0.15, -0.1) is 11.3 Å². The molecule has 0 saturated heterocycles. The molecule has 1 aromatic carbocycles. The normalized spacial score (nSPS) is 11.1. The van der Waals surface area contributed by atoms with Crippen LogP contribution in [-0.4, -0.2) is 4.98 Å². The number of rotatable bonds is 2. The largest absolute Gasteiger partial charge is 0.241 e. The molecule has 0 aliphatic heterocycles. The van der Waals surface area contributed by atoms with Gasteiger partial charge in [0.2, 0.25) is 0 Å². The highest BCUT2D eigenvalue weighted by Crippen LogP contribution is 2.29. The third-order valence-electron chi connectivity index (χ3n) is 2.28. The van der Waals surface area contributed by atoms with E-state index in [1.807, 2.05) is 5.38 Å². The van der Waals surface area contributed by atoms with E-state index in [1.165, 1.54) is 17.4 Å². The van der Waals surface area contributed by atoms with Crippen molar-refractivity contribution in [3.05, 3.63) is 40.1 Å². The zero-order valence-corrected chi connectivity index (χ0v) is 10.6. The minimum atomic E-state index is -0.322. The first-order valence-corrected chi connectivity index (χ1v) is 6.24. The number of benzene rings is 1. The molecule has 0 atom stereocenters. The van der Waals surface area contributed by atoms with Gasteiger partial charge in [-0.25, -0.2) is 9.37 Å². The molecule has 0 amide bonds. The van der Waals surface area contributed by atoms with Crippen LogP contribution in [0.2, 0.25) is 5.02 Å². The number of thiazole rings is 1. The van der Waals surface area contributed by atoms with Crippen molar-refractivity contribution in [3.8, 4) is 10.6 Å². The third-order valence-corrected chi connectivity index (χ3v) is 3.40. The third kappa shape index (κ3) is 2.25. The quantitative estimate of drug-likeness (QED) is 0.756. The second-order valence-corrected chi connectivity index (χ2v) is 5.15. The number of nitrogens with zero attached hydrogens (tertiary/aromatic N) is 1. The molecule has 1 nitrogen and oxygen atoms in total. The molecule has 16 heavy (non-hydrogen) atoms. The molecule has 0 aliphatic rings. The molecule has 1 heterocycles. The Morgan fingerprint density at radius 3 is 2.69 bits per heavy atom. The molecule has 2 rings (SSSR count). The Kier molecular flexibility index (Phi) is 3.26. The summed E-state index contributed by atoms with van der Waals surface area (Å²) >= 11 is 7.16. The van der Waals surface area contributed by atoms with Crippen molar-refractivity contribution in [2.75, 3.05) is 0 Å². The smallest absolute Gasteiger partial charge is 0.134 e. The summed E-state index contributed by atoms with van der Waals surface area (Å²) in [4.78, 5) is 4.41. The van der Waals surface area contributed by atoms with Crippen LogP contribution in [-0.2, 0) is 0 Å². The Bertz CT molecular complexity index is 507. The van der Waals surface area contributed by atoms with Crippen LogP contribution >= 0.6 is 22.9 Å². The fourth-order valence-corrected chi connectivity index (χ4v) is 2.50. The minimum Gasteiger partial charge on any atom is -0.241 e. The maximum atomic E-state index is 13.6. The molecule has 0 radical (unpaired) electrons. The van der Waals surface area contributed by atoms with Gasteiger partial charge < -0.3 is 0 Å². The average molecular weight is 256 g/mol. The van der Waals surface area contributed by atoms with Crippen LogP contribution in [0.25, 0.3) is 10.6 Å². The highest BCUT2D eigenvalue weighted by atomic mass is 35.5. The number of aromatic nitrogens is 1. The molecule has 0 fully saturated rings. The second-order valence-electron chi connectivity index (χ2n) is 3.86. The van der Waals surface area contributed by atoms with Crippen molar-refractivity contribution in [1.82, 2.24) is 4.98 Å². The number of halogens is 2. The summed E-state index contributed by atoms with van der Waals surface area (Å²) in [6.45, 7) is 4.13. The van der Waals surface area contributed by atoms with Gasteiger partial charge >= 0.3 is 0 Å². The summed E-state index contributed by atoms with van der Waals surface area (Å²) in [6, 6.07) is 4.66. The lowest BCUT2D eigenvalue weighted by Crippen LogP contribution is -1.88. The van der Waals surface area contributed by atoms with Crippen LogP contribution in [0, 0.1) is 5.82 Å². The van der Waals surface area contributed by atoms with Gasteiger partial charge in [-0.05, 0) is 24.1 Å². The highest BCUT2D eigenvalue weighted by Gasteiger charge is 2.11. The summed E-state index contributed by atoms with van der Waals surface area (Å²) in [5.41, 5.74) is 1.51. The fraction of sp³-hybridized carbons (Fsp3) is 0.250. The van der Waals surface area contributed by atoms with Crippen LogP contribution in [0.3, 0.4) is 0 Å². The monoisotopic (exact) mass is 255 g/mol. The number of hydrogen-bond acceptors (Lipinski definition) is 2. The first kappa shape index (κ1) is 11.6. The molecule has 0 aliphatic carbocycles. The Balaban J connectivity index is 2.42. The van der Waals surface area contributed by atoms with E-state index < -0.39 is 0 Å². The summed E-state index contributed by atoms with van der Waals surface area (Å²) in [6.07, 6.45) is 0. The van der Waals surface area contributed by atoms with E-state index >= 15 is 0 Å². The van der Waals surface area contributed by atoms with Crippen molar-refractivity contribution in [3.63, 3.8) is 0 Å². The Morgan fingerprint density at radius 2 is 2.12 bits per heavy atom. The lowest BCUT2D eigenvalue weighted by Gasteiger charge is -2.00. The maximum Gasteiger partial charge on any atom is 0.134 e. The molecule has 0 bridgehead atoms. The van der Waals surface area contributed by atoms with Crippen molar-refractivity contribution in [2.45, 2.75) is 19.8 Å². The lowest BCUT2D eigenvalue weighted by atomic mass is 10.1.